The molecule has 1 heterocycles. The third kappa shape index (κ3) is 4.55. The van der Waals surface area contributed by atoms with Crippen LogP contribution in [0.5, 0.6) is 0 Å². The molecule has 0 aliphatic rings. The molecule has 1 amide bonds. The predicted octanol–water partition coefficient (Wildman–Crippen LogP) is 3.91. The number of rotatable bonds is 6. The van der Waals surface area contributed by atoms with E-state index in [0.717, 1.165) is 17.7 Å². The monoisotopic (exact) mass is 345 g/mol. The highest BCUT2D eigenvalue weighted by Gasteiger charge is 2.22. The maximum absolute atomic E-state index is 12.8. The fourth-order valence-corrected chi connectivity index (χ4v) is 2.97. The van der Waals surface area contributed by atoms with Gasteiger partial charge >= 0.3 is 0 Å². The Balaban J connectivity index is 1.68. The lowest BCUT2D eigenvalue weighted by Crippen LogP contribution is -2.32. The van der Waals surface area contributed by atoms with Crippen molar-refractivity contribution in [1.29, 1.82) is 0 Å². The summed E-state index contributed by atoms with van der Waals surface area (Å²) in [5, 5.41) is 3.02. The molecule has 0 unspecified atom stereocenters. The minimum Gasteiger partial charge on any atom is -0.324 e. The van der Waals surface area contributed by atoms with E-state index in [2.05, 4.69) is 10.3 Å². The molecule has 0 saturated heterocycles. The molecule has 0 fully saturated rings. The van der Waals surface area contributed by atoms with Crippen LogP contribution in [0.1, 0.15) is 22.7 Å². The van der Waals surface area contributed by atoms with Crippen LogP contribution in [0.3, 0.4) is 0 Å². The normalized spacial score (nSPS) is 12.0. The van der Waals surface area contributed by atoms with Gasteiger partial charge in [0.2, 0.25) is 5.91 Å². The van der Waals surface area contributed by atoms with E-state index >= 15 is 0 Å². The molecule has 1 aromatic heterocycles. The predicted molar refractivity (Wildman–Crippen MR) is 105 cm³/mol. The summed E-state index contributed by atoms with van der Waals surface area (Å²) >= 11 is 0. The van der Waals surface area contributed by atoms with Crippen LogP contribution in [0.4, 0.5) is 5.69 Å². The van der Waals surface area contributed by atoms with Crippen molar-refractivity contribution in [2.24, 2.45) is 0 Å². The van der Waals surface area contributed by atoms with E-state index in [1.807, 2.05) is 85.7 Å². The third-order valence-electron chi connectivity index (χ3n) is 4.26. The standard InChI is InChI=1S/C22H23N3O/c1-25(2)21(19-6-4-3-5-7-19)22(26)24-20-10-8-17(9-11-20)16-18-12-14-23-15-13-18/h3-15,21H,16H2,1-2H3,(H,24,26)/t21-/m1/s1. The van der Waals surface area contributed by atoms with E-state index in [4.69, 9.17) is 0 Å². The number of nitrogens with one attached hydrogen (secondary N) is 1. The number of anilines is 1. The maximum Gasteiger partial charge on any atom is 0.246 e. The van der Waals surface area contributed by atoms with Gasteiger partial charge in [0, 0.05) is 18.1 Å². The Morgan fingerprint density at radius 1 is 0.923 bits per heavy atom. The Hall–Kier alpha value is -2.98. The minimum absolute atomic E-state index is 0.0388. The van der Waals surface area contributed by atoms with Crippen LogP contribution >= 0.6 is 0 Å². The Morgan fingerprint density at radius 2 is 1.54 bits per heavy atom. The second-order valence-electron chi connectivity index (χ2n) is 6.50. The van der Waals surface area contributed by atoms with E-state index in [0.29, 0.717) is 0 Å². The molecule has 0 bridgehead atoms. The number of carbonyl (C=O) groups is 1. The van der Waals surface area contributed by atoms with Gasteiger partial charge in [0.05, 0.1) is 0 Å². The lowest BCUT2D eigenvalue weighted by atomic mass is 10.0. The molecule has 4 nitrogen and oxygen atoms in total. The van der Waals surface area contributed by atoms with Crippen molar-refractivity contribution < 1.29 is 4.79 Å². The van der Waals surface area contributed by atoms with Gasteiger partial charge in [-0.1, -0.05) is 42.5 Å². The van der Waals surface area contributed by atoms with Gasteiger partial charge in [-0.3, -0.25) is 14.7 Å². The number of nitrogens with zero attached hydrogens (tertiary/aromatic N) is 2. The fourth-order valence-electron chi connectivity index (χ4n) is 2.97. The number of hydrogen-bond donors (Lipinski definition) is 1. The molecule has 3 aromatic rings. The van der Waals surface area contributed by atoms with E-state index in [1.54, 1.807) is 12.4 Å². The lowest BCUT2D eigenvalue weighted by molar-refractivity contribution is -0.120. The highest BCUT2D eigenvalue weighted by atomic mass is 16.2. The molecule has 1 N–H and O–H groups in total. The zero-order chi connectivity index (χ0) is 18.4. The smallest absolute Gasteiger partial charge is 0.246 e. The summed E-state index contributed by atoms with van der Waals surface area (Å²) in [6, 6.07) is 21.5. The Bertz CT molecular complexity index is 830. The summed E-state index contributed by atoms with van der Waals surface area (Å²) in [5.74, 6) is -0.0388. The average molecular weight is 345 g/mol. The molecular weight excluding hydrogens is 322 g/mol. The first-order valence-corrected chi connectivity index (χ1v) is 8.63. The summed E-state index contributed by atoms with van der Waals surface area (Å²) in [6.45, 7) is 0. The molecule has 0 saturated carbocycles. The van der Waals surface area contributed by atoms with Crippen LogP contribution in [0.25, 0.3) is 0 Å². The summed E-state index contributed by atoms with van der Waals surface area (Å²) < 4.78 is 0. The van der Waals surface area contributed by atoms with Crippen LogP contribution in [0.15, 0.2) is 79.1 Å². The summed E-state index contributed by atoms with van der Waals surface area (Å²) in [6.07, 6.45) is 4.45. The van der Waals surface area contributed by atoms with Gasteiger partial charge in [0.15, 0.2) is 0 Å². The highest BCUT2D eigenvalue weighted by molar-refractivity contribution is 5.95. The zero-order valence-corrected chi connectivity index (χ0v) is 15.1. The van der Waals surface area contributed by atoms with Crippen molar-refractivity contribution in [2.75, 3.05) is 19.4 Å². The Labute approximate surface area is 154 Å². The third-order valence-corrected chi connectivity index (χ3v) is 4.26. The number of carbonyl (C=O) groups excluding carboxylic acids is 1. The van der Waals surface area contributed by atoms with Gasteiger partial charge in [-0.05, 0) is 61.5 Å². The summed E-state index contributed by atoms with van der Waals surface area (Å²) in [4.78, 5) is 18.7. The molecule has 1 atom stereocenters. The SMILES string of the molecule is CN(C)[C@@H](C(=O)Nc1ccc(Cc2ccncc2)cc1)c1ccccc1. The van der Waals surface area contributed by atoms with Gasteiger partial charge in [0.25, 0.3) is 0 Å². The van der Waals surface area contributed by atoms with Crippen molar-refractivity contribution in [3.63, 3.8) is 0 Å². The fraction of sp³-hybridized carbons (Fsp3) is 0.182. The van der Waals surface area contributed by atoms with Crippen molar-refractivity contribution in [2.45, 2.75) is 12.5 Å². The number of hydrogen-bond acceptors (Lipinski definition) is 3. The van der Waals surface area contributed by atoms with Crippen molar-refractivity contribution in [3.8, 4) is 0 Å². The van der Waals surface area contributed by atoms with E-state index < -0.39 is 0 Å². The maximum atomic E-state index is 12.8. The van der Waals surface area contributed by atoms with E-state index in [1.165, 1.54) is 11.1 Å². The van der Waals surface area contributed by atoms with Crippen molar-refractivity contribution in [1.82, 2.24) is 9.88 Å². The van der Waals surface area contributed by atoms with Gasteiger partial charge in [0.1, 0.15) is 6.04 Å². The van der Waals surface area contributed by atoms with Crippen molar-refractivity contribution in [3.05, 3.63) is 95.8 Å². The van der Waals surface area contributed by atoms with E-state index in [9.17, 15) is 4.79 Å². The summed E-state index contributed by atoms with van der Waals surface area (Å²) in [7, 11) is 3.82. The zero-order valence-electron chi connectivity index (χ0n) is 15.1. The molecule has 0 aliphatic heterocycles. The first-order valence-electron chi connectivity index (χ1n) is 8.63. The second-order valence-corrected chi connectivity index (χ2v) is 6.50. The van der Waals surface area contributed by atoms with Crippen LogP contribution < -0.4 is 5.32 Å². The van der Waals surface area contributed by atoms with Crippen molar-refractivity contribution >= 4 is 11.6 Å². The molecular formula is C22H23N3O. The Morgan fingerprint density at radius 3 is 2.15 bits per heavy atom. The lowest BCUT2D eigenvalue weighted by Gasteiger charge is -2.23. The van der Waals surface area contributed by atoms with Gasteiger partial charge in [-0.15, -0.1) is 0 Å². The molecule has 0 aliphatic carbocycles. The minimum atomic E-state index is -0.326. The van der Waals surface area contributed by atoms with Gasteiger partial charge < -0.3 is 5.32 Å². The number of amides is 1. The molecule has 4 heteroatoms. The molecule has 26 heavy (non-hydrogen) atoms. The molecule has 132 valence electrons. The van der Waals surface area contributed by atoms with E-state index in [-0.39, 0.29) is 11.9 Å². The molecule has 3 rings (SSSR count). The average Bonchev–Trinajstić information content (AvgIpc) is 2.65. The highest BCUT2D eigenvalue weighted by Crippen LogP contribution is 2.21. The Kier molecular flexibility index (Phi) is 5.77. The number of pyridine rings is 1. The van der Waals surface area contributed by atoms with Gasteiger partial charge in [-0.25, -0.2) is 0 Å². The summed E-state index contributed by atoms with van der Waals surface area (Å²) in [5.41, 5.74) is 4.19. The van der Waals surface area contributed by atoms with Gasteiger partial charge in [-0.2, -0.15) is 0 Å². The number of likely N-dealkylation sites (N-methyl/N-ethyl adjacent to an activating group) is 1. The molecule has 0 spiro atoms. The van der Waals surface area contributed by atoms with Crippen LogP contribution in [-0.2, 0) is 11.2 Å². The van der Waals surface area contributed by atoms with Crippen LogP contribution in [0.2, 0.25) is 0 Å². The number of aromatic nitrogens is 1. The quantitative estimate of drug-likeness (QED) is 0.737. The first-order chi connectivity index (χ1) is 12.6. The van der Waals surface area contributed by atoms with Crippen LogP contribution in [-0.4, -0.2) is 29.9 Å². The molecule has 0 radical (unpaired) electrons. The topological polar surface area (TPSA) is 45.2 Å². The van der Waals surface area contributed by atoms with Crippen LogP contribution in [0, 0.1) is 0 Å². The number of benzene rings is 2. The second kappa shape index (κ2) is 8.41. The first kappa shape index (κ1) is 17.8. The largest absolute Gasteiger partial charge is 0.324 e. The molecule has 2 aromatic carbocycles.